The number of benzene rings is 1. The largest absolute Gasteiger partial charge is 0.323 e. The van der Waals surface area contributed by atoms with Gasteiger partial charge in [-0.1, -0.05) is 12.1 Å². The van der Waals surface area contributed by atoms with Gasteiger partial charge in [0.05, 0.1) is 23.8 Å². The first-order valence-electron chi connectivity index (χ1n) is 6.30. The Labute approximate surface area is 137 Å². The highest BCUT2D eigenvalue weighted by Gasteiger charge is 2.22. The third-order valence-corrected chi connectivity index (χ3v) is 4.55. The highest BCUT2D eigenvalue weighted by atomic mass is 79.9. The van der Waals surface area contributed by atoms with Crippen LogP contribution in [0.4, 0.5) is 11.4 Å². The summed E-state index contributed by atoms with van der Waals surface area (Å²) in [5.74, 6) is -0.450. The number of pyridine rings is 1. The average molecular weight is 384 g/mol. The van der Waals surface area contributed by atoms with Crippen molar-refractivity contribution in [1.82, 2.24) is 4.98 Å². The zero-order valence-corrected chi connectivity index (χ0v) is 14.1. The van der Waals surface area contributed by atoms with Gasteiger partial charge in [-0.15, -0.1) is 0 Å². The number of anilines is 2. The van der Waals surface area contributed by atoms with Gasteiger partial charge >= 0.3 is 0 Å². The fourth-order valence-electron chi connectivity index (χ4n) is 1.80. The van der Waals surface area contributed by atoms with E-state index in [1.165, 1.54) is 6.20 Å². The van der Waals surface area contributed by atoms with Crippen LogP contribution in [-0.2, 0) is 14.8 Å². The minimum Gasteiger partial charge on any atom is -0.323 e. The van der Waals surface area contributed by atoms with Gasteiger partial charge in [-0.3, -0.25) is 14.1 Å². The van der Waals surface area contributed by atoms with Crippen LogP contribution >= 0.6 is 15.9 Å². The summed E-state index contributed by atoms with van der Waals surface area (Å²) in [5.41, 5.74) is 0.916. The van der Waals surface area contributed by atoms with E-state index in [9.17, 15) is 13.2 Å². The molecule has 1 heterocycles. The van der Waals surface area contributed by atoms with E-state index in [0.717, 1.165) is 10.6 Å². The van der Waals surface area contributed by atoms with Crippen molar-refractivity contribution in [1.29, 1.82) is 0 Å². The average Bonchev–Trinajstić information content (AvgIpc) is 2.46. The zero-order valence-electron chi connectivity index (χ0n) is 11.7. The maximum Gasteiger partial charge on any atom is 0.245 e. The van der Waals surface area contributed by atoms with Crippen molar-refractivity contribution >= 4 is 43.2 Å². The van der Waals surface area contributed by atoms with Gasteiger partial charge in [0.15, 0.2) is 0 Å². The van der Waals surface area contributed by atoms with E-state index in [0.29, 0.717) is 15.8 Å². The number of nitrogens with one attached hydrogen (secondary N) is 1. The highest BCUT2D eigenvalue weighted by Crippen LogP contribution is 2.27. The Balaban J connectivity index is 2.22. The molecular formula is C14H14BrN3O3S. The van der Waals surface area contributed by atoms with Crippen molar-refractivity contribution in [2.24, 2.45) is 0 Å². The van der Waals surface area contributed by atoms with Crippen LogP contribution in [0.2, 0.25) is 0 Å². The van der Waals surface area contributed by atoms with E-state index in [-0.39, 0.29) is 6.54 Å². The molecule has 0 fully saturated rings. The van der Waals surface area contributed by atoms with Gasteiger partial charge in [-0.05, 0) is 40.2 Å². The summed E-state index contributed by atoms with van der Waals surface area (Å²) in [6, 6.07) is 10.2. The second-order valence-electron chi connectivity index (χ2n) is 4.51. The molecule has 0 saturated heterocycles. The van der Waals surface area contributed by atoms with Gasteiger partial charge in [0, 0.05) is 10.7 Å². The summed E-state index contributed by atoms with van der Waals surface area (Å²) >= 11 is 3.30. The number of carbonyl (C=O) groups excluding carboxylic acids is 1. The molecule has 0 aliphatic heterocycles. The van der Waals surface area contributed by atoms with Crippen molar-refractivity contribution < 1.29 is 13.2 Å². The van der Waals surface area contributed by atoms with Crippen LogP contribution in [0.25, 0.3) is 0 Å². The normalized spacial score (nSPS) is 11.0. The molecule has 116 valence electrons. The molecule has 1 aromatic heterocycles. The Morgan fingerprint density at radius 2 is 2.00 bits per heavy atom. The third-order valence-electron chi connectivity index (χ3n) is 2.75. The Bertz CT molecular complexity index is 766. The van der Waals surface area contributed by atoms with E-state index in [4.69, 9.17) is 0 Å². The number of rotatable bonds is 5. The summed E-state index contributed by atoms with van der Waals surface area (Å²) < 4.78 is 25.6. The highest BCUT2D eigenvalue weighted by molar-refractivity contribution is 9.10. The lowest BCUT2D eigenvalue weighted by Gasteiger charge is -2.22. The number of para-hydroxylation sites is 1. The lowest BCUT2D eigenvalue weighted by atomic mass is 10.3. The van der Waals surface area contributed by atoms with Crippen molar-refractivity contribution in [3.63, 3.8) is 0 Å². The standard InChI is InChI=1S/C14H14BrN3O3S/c1-22(20,21)18(13-7-3-2-6-12(13)15)10-14(19)17-11-5-4-8-16-9-11/h2-9H,10H2,1H3,(H,17,19). The molecule has 0 saturated carbocycles. The zero-order chi connectivity index (χ0) is 16.2. The van der Waals surface area contributed by atoms with Crippen LogP contribution in [0.15, 0.2) is 53.3 Å². The van der Waals surface area contributed by atoms with E-state index >= 15 is 0 Å². The molecule has 8 heteroatoms. The number of aromatic nitrogens is 1. The molecule has 2 aromatic rings. The van der Waals surface area contributed by atoms with Crippen LogP contribution in [0.1, 0.15) is 0 Å². The van der Waals surface area contributed by atoms with Gasteiger partial charge in [0.2, 0.25) is 15.9 Å². The summed E-state index contributed by atoms with van der Waals surface area (Å²) in [6.07, 6.45) is 4.13. The first-order valence-corrected chi connectivity index (χ1v) is 8.94. The maximum atomic E-state index is 12.1. The molecule has 6 nitrogen and oxygen atoms in total. The molecule has 0 spiro atoms. The van der Waals surface area contributed by atoms with Gasteiger partial charge in [-0.25, -0.2) is 8.42 Å². The first kappa shape index (κ1) is 16.4. The Morgan fingerprint density at radius 3 is 2.59 bits per heavy atom. The summed E-state index contributed by atoms with van der Waals surface area (Å²) in [6.45, 7) is -0.323. The summed E-state index contributed by atoms with van der Waals surface area (Å²) in [7, 11) is -3.60. The summed E-state index contributed by atoms with van der Waals surface area (Å²) in [5, 5.41) is 2.61. The van der Waals surface area contributed by atoms with Gasteiger partial charge in [0.25, 0.3) is 0 Å². The Kier molecular flexibility index (Phi) is 5.15. The molecule has 0 aliphatic carbocycles. The number of nitrogens with zero attached hydrogens (tertiary/aromatic N) is 2. The van der Waals surface area contributed by atoms with E-state index in [1.54, 1.807) is 42.6 Å². The number of halogens is 1. The quantitative estimate of drug-likeness (QED) is 0.858. The second kappa shape index (κ2) is 6.89. The lowest BCUT2D eigenvalue weighted by Crippen LogP contribution is -2.37. The van der Waals surface area contributed by atoms with E-state index in [1.807, 2.05) is 0 Å². The fourth-order valence-corrected chi connectivity index (χ4v) is 3.29. The third kappa shape index (κ3) is 4.28. The number of amides is 1. The number of sulfonamides is 1. The van der Waals surface area contributed by atoms with Crippen molar-refractivity contribution in [3.8, 4) is 0 Å². The molecule has 0 bridgehead atoms. The van der Waals surface area contributed by atoms with Crippen LogP contribution in [0.5, 0.6) is 0 Å². The number of carbonyl (C=O) groups is 1. The SMILES string of the molecule is CS(=O)(=O)N(CC(=O)Nc1cccnc1)c1ccccc1Br. The molecule has 0 atom stereocenters. The molecule has 2 rings (SSSR count). The fraction of sp³-hybridized carbons (Fsp3) is 0.143. The van der Waals surface area contributed by atoms with Gasteiger partial charge < -0.3 is 5.32 Å². The number of hydrogen-bond acceptors (Lipinski definition) is 4. The number of hydrogen-bond donors (Lipinski definition) is 1. The first-order chi connectivity index (χ1) is 10.4. The van der Waals surface area contributed by atoms with E-state index in [2.05, 4.69) is 26.2 Å². The van der Waals surface area contributed by atoms with Crippen LogP contribution < -0.4 is 9.62 Å². The summed E-state index contributed by atoms with van der Waals surface area (Å²) in [4.78, 5) is 16.0. The minimum atomic E-state index is -3.60. The van der Waals surface area contributed by atoms with Crippen molar-refractivity contribution in [2.45, 2.75) is 0 Å². The van der Waals surface area contributed by atoms with Crippen LogP contribution in [0, 0.1) is 0 Å². The van der Waals surface area contributed by atoms with Crippen LogP contribution in [-0.4, -0.2) is 32.1 Å². The minimum absolute atomic E-state index is 0.323. The van der Waals surface area contributed by atoms with E-state index < -0.39 is 15.9 Å². The molecule has 22 heavy (non-hydrogen) atoms. The van der Waals surface area contributed by atoms with Crippen LogP contribution in [0.3, 0.4) is 0 Å². The smallest absolute Gasteiger partial charge is 0.245 e. The molecule has 1 amide bonds. The lowest BCUT2D eigenvalue weighted by molar-refractivity contribution is -0.114. The Morgan fingerprint density at radius 1 is 1.27 bits per heavy atom. The molecule has 0 unspecified atom stereocenters. The topological polar surface area (TPSA) is 79.4 Å². The van der Waals surface area contributed by atoms with Gasteiger partial charge in [0.1, 0.15) is 6.54 Å². The maximum absolute atomic E-state index is 12.1. The molecular weight excluding hydrogens is 370 g/mol. The van der Waals surface area contributed by atoms with Crippen molar-refractivity contribution in [2.75, 3.05) is 22.4 Å². The second-order valence-corrected chi connectivity index (χ2v) is 7.27. The predicted molar refractivity (Wildman–Crippen MR) is 89.2 cm³/mol. The molecule has 1 N–H and O–H groups in total. The monoisotopic (exact) mass is 383 g/mol. The molecule has 0 radical (unpaired) electrons. The molecule has 0 aliphatic rings. The predicted octanol–water partition coefficient (Wildman–Crippen LogP) is 2.25. The molecule has 1 aromatic carbocycles. The van der Waals surface area contributed by atoms with Crippen molar-refractivity contribution in [3.05, 3.63) is 53.3 Å². The Hall–Kier alpha value is -1.93. The van der Waals surface area contributed by atoms with Gasteiger partial charge in [-0.2, -0.15) is 0 Å².